The molecule has 23 heavy (non-hydrogen) atoms. The van der Waals surface area contributed by atoms with Gasteiger partial charge in [0.05, 0.1) is 12.0 Å². The Morgan fingerprint density at radius 1 is 1.43 bits per heavy atom. The van der Waals surface area contributed by atoms with Crippen LogP contribution in [-0.2, 0) is 7.05 Å². The van der Waals surface area contributed by atoms with Crippen LogP contribution in [0.4, 0.5) is 10.5 Å². The molecule has 2 heterocycles. The topological polar surface area (TPSA) is 78.1 Å². The highest BCUT2D eigenvalue weighted by Crippen LogP contribution is 2.34. The minimum absolute atomic E-state index is 0.123. The fourth-order valence-electron chi connectivity index (χ4n) is 3.01. The molecule has 6 heteroatoms. The standard InChI is InChI=1S/C17H24N4O2/c1-17(2,3)8-12-10-21(11-13(12)9-18)16(23)19-14-5-6-20(4)15(22)7-14/h5-7,12-13H,8,10-11H2,1-4H3,(H,19,23). The molecule has 0 saturated carbocycles. The number of hydrogen-bond acceptors (Lipinski definition) is 3. The number of carbonyl (C=O) groups excluding carboxylic acids is 1. The van der Waals surface area contributed by atoms with Crippen LogP contribution in [0.15, 0.2) is 23.1 Å². The van der Waals surface area contributed by atoms with Gasteiger partial charge in [-0.2, -0.15) is 5.26 Å². The molecule has 2 amide bonds. The summed E-state index contributed by atoms with van der Waals surface area (Å²) >= 11 is 0. The minimum Gasteiger partial charge on any atom is -0.323 e. The SMILES string of the molecule is Cn1ccc(NC(=O)N2CC(C#N)C(CC(C)(C)C)C2)cc1=O. The molecule has 0 bridgehead atoms. The fourth-order valence-corrected chi connectivity index (χ4v) is 3.01. The molecular formula is C17H24N4O2. The Morgan fingerprint density at radius 2 is 2.13 bits per heavy atom. The van der Waals surface area contributed by atoms with Crippen LogP contribution in [0.5, 0.6) is 0 Å². The normalized spacial score (nSPS) is 21.1. The number of pyridine rings is 1. The van der Waals surface area contributed by atoms with Crippen molar-refractivity contribution in [2.24, 2.45) is 24.3 Å². The zero-order valence-electron chi connectivity index (χ0n) is 14.2. The zero-order chi connectivity index (χ0) is 17.2. The second-order valence-electron chi connectivity index (χ2n) is 7.46. The summed E-state index contributed by atoms with van der Waals surface area (Å²) in [6.45, 7) is 7.44. The minimum atomic E-state index is -0.255. The molecule has 1 fully saturated rings. The van der Waals surface area contributed by atoms with Gasteiger partial charge in [-0.1, -0.05) is 20.8 Å². The highest BCUT2D eigenvalue weighted by atomic mass is 16.2. The molecule has 1 saturated heterocycles. The van der Waals surface area contributed by atoms with Gasteiger partial charge in [0, 0.05) is 38.1 Å². The molecule has 1 aromatic heterocycles. The number of likely N-dealkylation sites (tertiary alicyclic amines) is 1. The molecule has 1 aromatic rings. The lowest BCUT2D eigenvalue weighted by atomic mass is 9.80. The first-order valence-electron chi connectivity index (χ1n) is 7.82. The Hall–Kier alpha value is -2.29. The van der Waals surface area contributed by atoms with Gasteiger partial charge < -0.3 is 14.8 Å². The molecule has 124 valence electrons. The Morgan fingerprint density at radius 3 is 2.70 bits per heavy atom. The predicted molar refractivity (Wildman–Crippen MR) is 88.9 cm³/mol. The Labute approximate surface area is 136 Å². The first-order valence-corrected chi connectivity index (χ1v) is 7.82. The van der Waals surface area contributed by atoms with Gasteiger partial charge in [0.15, 0.2) is 0 Å². The fraction of sp³-hybridized carbons (Fsp3) is 0.588. The van der Waals surface area contributed by atoms with Crippen molar-refractivity contribution < 1.29 is 4.79 Å². The van der Waals surface area contributed by atoms with Crippen LogP contribution in [0, 0.1) is 28.6 Å². The lowest BCUT2D eigenvalue weighted by molar-refractivity contribution is 0.217. The largest absolute Gasteiger partial charge is 0.323 e. The third-order valence-corrected chi connectivity index (χ3v) is 4.12. The van der Waals surface area contributed by atoms with Crippen LogP contribution in [0.3, 0.4) is 0 Å². The maximum absolute atomic E-state index is 12.4. The van der Waals surface area contributed by atoms with Gasteiger partial charge in [-0.25, -0.2) is 4.79 Å². The smallest absolute Gasteiger partial charge is 0.321 e. The molecule has 2 unspecified atom stereocenters. The lowest BCUT2D eigenvalue weighted by Gasteiger charge is -2.24. The predicted octanol–water partition coefficient (Wildman–Crippen LogP) is 2.42. The van der Waals surface area contributed by atoms with Crippen molar-refractivity contribution in [3.8, 4) is 6.07 Å². The van der Waals surface area contributed by atoms with Crippen LogP contribution in [-0.4, -0.2) is 28.6 Å². The van der Waals surface area contributed by atoms with E-state index in [-0.39, 0.29) is 28.8 Å². The van der Waals surface area contributed by atoms with Gasteiger partial charge in [0.1, 0.15) is 0 Å². The Balaban J connectivity index is 2.04. The quantitative estimate of drug-likeness (QED) is 0.910. The van der Waals surface area contributed by atoms with Crippen LogP contribution in [0.25, 0.3) is 0 Å². The maximum Gasteiger partial charge on any atom is 0.321 e. The molecule has 1 aliphatic heterocycles. The summed E-state index contributed by atoms with van der Waals surface area (Å²) in [5.41, 5.74) is 0.424. The van der Waals surface area contributed by atoms with Gasteiger partial charge in [0.2, 0.25) is 0 Å². The monoisotopic (exact) mass is 316 g/mol. The zero-order valence-corrected chi connectivity index (χ0v) is 14.2. The van der Waals surface area contributed by atoms with Crippen molar-refractivity contribution in [2.45, 2.75) is 27.2 Å². The van der Waals surface area contributed by atoms with Crippen molar-refractivity contribution in [3.05, 3.63) is 28.7 Å². The molecule has 2 atom stereocenters. The average Bonchev–Trinajstić information content (AvgIpc) is 2.84. The van der Waals surface area contributed by atoms with E-state index in [1.165, 1.54) is 10.6 Å². The highest BCUT2D eigenvalue weighted by molar-refractivity contribution is 5.89. The number of anilines is 1. The van der Waals surface area contributed by atoms with Crippen molar-refractivity contribution in [2.75, 3.05) is 18.4 Å². The number of aryl methyl sites for hydroxylation is 1. The number of carbonyl (C=O) groups is 1. The maximum atomic E-state index is 12.4. The molecule has 6 nitrogen and oxygen atoms in total. The van der Waals surface area contributed by atoms with Crippen molar-refractivity contribution in [3.63, 3.8) is 0 Å². The van der Waals surface area contributed by atoms with Gasteiger partial charge in [-0.3, -0.25) is 4.79 Å². The second-order valence-corrected chi connectivity index (χ2v) is 7.46. The van der Waals surface area contributed by atoms with Crippen molar-refractivity contribution in [1.29, 1.82) is 5.26 Å². The molecule has 0 aliphatic carbocycles. The van der Waals surface area contributed by atoms with Crippen LogP contribution in [0.2, 0.25) is 0 Å². The molecule has 2 rings (SSSR count). The summed E-state index contributed by atoms with van der Waals surface area (Å²) in [5, 5.41) is 12.1. The van der Waals surface area contributed by atoms with Crippen molar-refractivity contribution >= 4 is 11.7 Å². The second kappa shape index (κ2) is 6.45. The number of nitrogens with zero attached hydrogens (tertiary/aromatic N) is 3. The molecule has 0 aromatic carbocycles. The van der Waals surface area contributed by atoms with Gasteiger partial charge in [-0.05, 0) is 23.8 Å². The summed E-state index contributed by atoms with van der Waals surface area (Å²) in [4.78, 5) is 25.7. The van der Waals surface area contributed by atoms with Crippen LogP contribution in [0.1, 0.15) is 27.2 Å². The van der Waals surface area contributed by atoms with E-state index in [0.29, 0.717) is 18.8 Å². The molecule has 1 N–H and O–H groups in total. The number of amides is 2. The number of nitrogens with one attached hydrogen (secondary N) is 1. The van der Waals surface area contributed by atoms with Crippen molar-refractivity contribution in [1.82, 2.24) is 9.47 Å². The molecule has 0 spiro atoms. The third kappa shape index (κ3) is 4.35. The van der Waals surface area contributed by atoms with E-state index in [1.54, 1.807) is 24.2 Å². The summed E-state index contributed by atoms with van der Waals surface area (Å²) in [5.74, 6) is 0.0537. The molecular weight excluding hydrogens is 292 g/mol. The number of hydrogen-bond donors (Lipinski definition) is 1. The number of rotatable bonds is 2. The Bertz CT molecular complexity index is 681. The Kier molecular flexibility index (Phi) is 4.79. The number of aromatic nitrogens is 1. The van der Waals surface area contributed by atoms with E-state index in [2.05, 4.69) is 32.2 Å². The summed E-state index contributed by atoms with van der Waals surface area (Å²) in [6, 6.07) is 5.15. The van der Waals surface area contributed by atoms with Crippen LogP contribution < -0.4 is 10.9 Å². The summed E-state index contributed by atoms with van der Waals surface area (Å²) < 4.78 is 1.44. The van der Waals surface area contributed by atoms with E-state index < -0.39 is 0 Å². The van der Waals surface area contributed by atoms with E-state index in [1.807, 2.05) is 0 Å². The van der Waals surface area contributed by atoms with Gasteiger partial charge >= 0.3 is 6.03 Å². The van der Waals surface area contributed by atoms with Gasteiger partial charge in [-0.15, -0.1) is 0 Å². The lowest BCUT2D eigenvalue weighted by Crippen LogP contribution is -2.34. The van der Waals surface area contributed by atoms with Crippen LogP contribution >= 0.6 is 0 Å². The van der Waals surface area contributed by atoms with E-state index in [4.69, 9.17) is 0 Å². The third-order valence-electron chi connectivity index (χ3n) is 4.12. The number of nitriles is 1. The van der Waals surface area contributed by atoms with E-state index in [9.17, 15) is 14.9 Å². The summed E-state index contributed by atoms with van der Waals surface area (Å²) in [7, 11) is 1.66. The van der Waals surface area contributed by atoms with E-state index >= 15 is 0 Å². The first kappa shape index (κ1) is 17.1. The number of urea groups is 1. The van der Waals surface area contributed by atoms with E-state index in [0.717, 1.165) is 6.42 Å². The first-order chi connectivity index (χ1) is 10.7. The summed E-state index contributed by atoms with van der Waals surface area (Å²) in [6.07, 6.45) is 2.52. The average molecular weight is 316 g/mol. The van der Waals surface area contributed by atoms with Gasteiger partial charge in [0.25, 0.3) is 5.56 Å². The highest BCUT2D eigenvalue weighted by Gasteiger charge is 2.37. The molecule has 1 aliphatic rings. The molecule has 0 radical (unpaired) electrons.